The van der Waals surface area contributed by atoms with Crippen LogP contribution in [0.2, 0.25) is 0 Å². The van der Waals surface area contributed by atoms with Crippen LogP contribution in [0.1, 0.15) is 15.9 Å². The molecule has 0 aliphatic heterocycles. The van der Waals surface area contributed by atoms with Gasteiger partial charge < -0.3 is 10.2 Å². The standard InChI is InChI=1S/C15H16BrN3O/c1-10-4-5-12(16)11(8-10)15(20)18-13-9-17-7-6-14(13)19(2)3/h4-9H,1-3H3,(H,18,20). The van der Waals surface area contributed by atoms with Crippen molar-refractivity contribution < 1.29 is 4.79 Å². The van der Waals surface area contributed by atoms with E-state index in [1.54, 1.807) is 12.4 Å². The van der Waals surface area contributed by atoms with E-state index in [1.165, 1.54) is 0 Å². The number of aromatic nitrogens is 1. The normalized spacial score (nSPS) is 10.2. The van der Waals surface area contributed by atoms with Crippen molar-refractivity contribution in [1.29, 1.82) is 0 Å². The van der Waals surface area contributed by atoms with Crippen LogP contribution < -0.4 is 10.2 Å². The van der Waals surface area contributed by atoms with Gasteiger partial charge in [-0.2, -0.15) is 0 Å². The Labute approximate surface area is 127 Å². The number of nitrogens with one attached hydrogen (secondary N) is 1. The number of hydrogen-bond donors (Lipinski definition) is 1. The van der Waals surface area contributed by atoms with E-state index in [2.05, 4.69) is 26.2 Å². The number of nitrogens with zero attached hydrogens (tertiary/aromatic N) is 2. The van der Waals surface area contributed by atoms with Gasteiger partial charge in [-0.25, -0.2) is 0 Å². The maximum atomic E-state index is 12.4. The molecule has 1 aromatic carbocycles. The Hall–Kier alpha value is -1.88. The Balaban J connectivity index is 2.31. The van der Waals surface area contributed by atoms with Crippen molar-refractivity contribution in [3.8, 4) is 0 Å². The van der Waals surface area contributed by atoms with Crippen molar-refractivity contribution in [2.75, 3.05) is 24.3 Å². The Morgan fingerprint density at radius 1 is 1.30 bits per heavy atom. The smallest absolute Gasteiger partial charge is 0.256 e. The van der Waals surface area contributed by atoms with Crippen LogP contribution in [0.15, 0.2) is 41.1 Å². The molecule has 0 unspecified atom stereocenters. The van der Waals surface area contributed by atoms with Crippen molar-refractivity contribution >= 4 is 33.2 Å². The van der Waals surface area contributed by atoms with Crippen molar-refractivity contribution in [2.24, 2.45) is 0 Å². The predicted molar refractivity (Wildman–Crippen MR) is 85.4 cm³/mol. The molecule has 0 fully saturated rings. The summed E-state index contributed by atoms with van der Waals surface area (Å²) in [4.78, 5) is 18.4. The van der Waals surface area contributed by atoms with E-state index in [0.717, 1.165) is 15.7 Å². The number of amides is 1. The molecule has 2 aromatic rings. The van der Waals surface area contributed by atoms with Gasteiger partial charge >= 0.3 is 0 Å². The number of benzene rings is 1. The van der Waals surface area contributed by atoms with Crippen LogP contribution >= 0.6 is 15.9 Å². The van der Waals surface area contributed by atoms with E-state index in [4.69, 9.17) is 0 Å². The highest BCUT2D eigenvalue weighted by Crippen LogP contribution is 2.24. The third-order valence-corrected chi connectivity index (χ3v) is 3.59. The first kappa shape index (κ1) is 14.5. The summed E-state index contributed by atoms with van der Waals surface area (Å²) in [6.07, 6.45) is 3.35. The molecule has 1 N–H and O–H groups in total. The molecule has 0 aliphatic rings. The summed E-state index contributed by atoms with van der Waals surface area (Å²) in [6.45, 7) is 1.96. The lowest BCUT2D eigenvalue weighted by molar-refractivity contribution is 0.102. The minimum absolute atomic E-state index is 0.156. The quantitative estimate of drug-likeness (QED) is 0.935. The SMILES string of the molecule is Cc1ccc(Br)c(C(=O)Nc2cnccc2N(C)C)c1. The van der Waals surface area contributed by atoms with Crippen LogP contribution in [-0.4, -0.2) is 25.0 Å². The second-order valence-electron chi connectivity index (χ2n) is 4.72. The fourth-order valence-electron chi connectivity index (χ4n) is 1.88. The third kappa shape index (κ3) is 3.17. The van der Waals surface area contributed by atoms with Crippen molar-refractivity contribution in [3.63, 3.8) is 0 Å². The Morgan fingerprint density at radius 3 is 2.75 bits per heavy atom. The summed E-state index contributed by atoms with van der Waals surface area (Å²) in [5, 5.41) is 2.90. The van der Waals surface area contributed by atoms with E-state index in [-0.39, 0.29) is 5.91 Å². The number of rotatable bonds is 3. The van der Waals surface area contributed by atoms with Gasteiger partial charge in [0.05, 0.1) is 23.1 Å². The maximum Gasteiger partial charge on any atom is 0.256 e. The van der Waals surface area contributed by atoms with E-state index < -0.39 is 0 Å². The van der Waals surface area contributed by atoms with E-state index in [1.807, 2.05) is 50.2 Å². The lowest BCUT2D eigenvalue weighted by Gasteiger charge is -2.17. The zero-order valence-electron chi connectivity index (χ0n) is 11.6. The lowest BCUT2D eigenvalue weighted by atomic mass is 10.1. The first-order valence-corrected chi connectivity index (χ1v) is 6.97. The number of halogens is 1. The van der Waals surface area contributed by atoms with E-state index >= 15 is 0 Å². The highest BCUT2D eigenvalue weighted by Gasteiger charge is 2.13. The van der Waals surface area contributed by atoms with Gasteiger partial charge in [-0.3, -0.25) is 9.78 Å². The van der Waals surface area contributed by atoms with Crippen LogP contribution in [0.3, 0.4) is 0 Å². The predicted octanol–water partition coefficient (Wildman–Crippen LogP) is 3.47. The minimum Gasteiger partial charge on any atom is -0.376 e. The van der Waals surface area contributed by atoms with Gasteiger partial charge in [0.1, 0.15) is 0 Å². The van der Waals surface area contributed by atoms with Crippen molar-refractivity contribution in [1.82, 2.24) is 4.98 Å². The molecule has 20 heavy (non-hydrogen) atoms. The van der Waals surface area contributed by atoms with Crippen molar-refractivity contribution in [3.05, 3.63) is 52.3 Å². The maximum absolute atomic E-state index is 12.4. The molecule has 4 nitrogen and oxygen atoms in total. The molecule has 1 heterocycles. The van der Waals surface area contributed by atoms with Gasteiger partial charge in [-0.15, -0.1) is 0 Å². The Morgan fingerprint density at radius 2 is 2.05 bits per heavy atom. The molecule has 0 saturated carbocycles. The van der Waals surface area contributed by atoms with Crippen LogP contribution in [0.5, 0.6) is 0 Å². The van der Waals surface area contributed by atoms with Gasteiger partial charge in [-0.1, -0.05) is 11.6 Å². The van der Waals surface area contributed by atoms with Crippen LogP contribution in [0.25, 0.3) is 0 Å². The third-order valence-electron chi connectivity index (χ3n) is 2.89. The summed E-state index contributed by atoms with van der Waals surface area (Å²) in [5.41, 5.74) is 3.25. The molecule has 0 saturated heterocycles. The van der Waals surface area contributed by atoms with E-state index in [9.17, 15) is 4.79 Å². The minimum atomic E-state index is -0.156. The van der Waals surface area contributed by atoms with Crippen molar-refractivity contribution in [2.45, 2.75) is 6.92 Å². The van der Waals surface area contributed by atoms with Crippen LogP contribution in [0, 0.1) is 6.92 Å². The molecule has 2 rings (SSSR count). The molecule has 0 aliphatic carbocycles. The summed E-state index contributed by atoms with van der Waals surface area (Å²) >= 11 is 3.40. The van der Waals surface area contributed by atoms with E-state index in [0.29, 0.717) is 11.3 Å². The number of carbonyl (C=O) groups is 1. The summed E-state index contributed by atoms with van der Waals surface area (Å²) < 4.78 is 0.774. The topological polar surface area (TPSA) is 45.2 Å². The summed E-state index contributed by atoms with van der Waals surface area (Å²) in [6, 6.07) is 7.54. The average molecular weight is 334 g/mol. The number of aryl methyl sites for hydroxylation is 1. The zero-order chi connectivity index (χ0) is 14.7. The monoisotopic (exact) mass is 333 g/mol. The molecule has 104 valence electrons. The first-order valence-electron chi connectivity index (χ1n) is 6.18. The lowest BCUT2D eigenvalue weighted by Crippen LogP contribution is -2.17. The first-order chi connectivity index (χ1) is 9.49. The molecular formula is C15H16BrN3O. The number of anilines is 2. The Bertz CT molecular complexity index is 641. The molecule has 1 amide bonds. The second-order valence-corrected chi connectivity index (χ2v) is 5.58. The molecule has 0 spiro atoms. The van der Waals surface area contributed by atoms with Gasteiger partial charge in [0.25, 0.3) is 5.91 Å². The summed E-state index contributed by atoms with van der Waals surface area (Å²) in [7, 11) is 3.85. The summed E-state index contributed by atoms with van der Waals surface area (Å²) in [5.74, 6) is -0.156. The van der Waals surface area contributed by atoms with Gasteiger partial charge in [-0.05, 0) is 41.1 Å². The highest BCUT2D eigenvalue weighted by molar-refractivity contribution is 9.10. The van der Waals surface area contributed by atoms with Crippen LogP contribution in [-0.2, 0) is 0 Å². The average Bonchev–Trinajstić information content (AvgIpc) is 2.41. The molecular weight excluding hydrogens is 318 g/mol. The fourth-order valence-corrected chi connectivity index (χ4v) is 2.30. The fraction of sp³-hybridized carbons (Fsp3) is 0.200. The number of hydrogen-bond acceptors (Lipinski definition) is 3. The largest absolute Gasteiger partial charge is 0.376 e. The number of carbonyl (C=O) groups excluding carboxylic acids is 1. The number of pyridine rings is 1. The van der Waals surface area contributed by atoms with Gasteiger partial charge in [0.2, 0.25) is 0 Å². The second kappa shape index (κ2) is 6.05. The van der Waals surface area contributed by atoms with Gasteiger partial charge in [0, 0.05) is 24.8 Å². The highest BCUT2D eigenvalue weighted by atomic mass is 79.9. The zero-order valence-corrected chi connectivity index (χ0v) is 13.2. The molecule has 5 heteroatoms. The molecule has 1 aromatic heterocycles. The molecule has 0 radical (unpaired) electrons. The molecule has 0 atom stereocenters. The van der Waals surface area contributed by atoms with Crippen LogP contribution in [0.4, 0.5) is 11.4 Å². The Kier molecular flexibility index (Phi) is 4.39. The molecule has 0 bridgehead atoms. The van der Waals surface area contributed by atoms with Gasteiger partial charge in [0.15, 0.2) is 0 Å².